The molecule has 0 bridgehead atoms. The molecule has 1 unspecified atom stereocenters. The summed E-state index contributed by atoms with van der Waals surface area (Å²) in [5.41, 5.74) is 0. The highest BCUT2D eigenvalue weighted by Gasteiger charge is 2.23. The van der Waals surface area contributed by atoms with Crippen LogP contribution in [0.25, 0.3) is 0 Å². The molecule has 9 nitrogen and oxygen atoms in total. The van der Waals surface area contributed by atoms with Crippen molar-refractivity contribution in [1.82, 2.24) is 19.8 Å². The molecular weight excluding hydrogens is 300 g/mol. The number of rotatable bonds is 7. The molecule has 1 atom stereocenters. The van der Waals surface area contributed by atoms with Crippen molar-refractivity contribution in [2.24, 2.45) is 0 Å². The second-order valence-electron chi connectivity index (χ2n) is 4.77. The Labute approximate surface area is 122 Å². The van der Waals surface area contributed by atoms with Gasteiger partial charge < -0.3 is 10.4 Å². The van der Waals surface area contributed by atoms with Gasteiger partial charge in [0.05, 0.1) is 12.2 Å². The van der Waals surface area contributed by atoms with Crippen molar-refractivity contribution in [3.8, 4) is 0 Å². The van der Waals surface area contributed by atoms with E-state index in [-0.39, 0.29) is 10.9 Å². The Morgan fingerprint density at radius 1 is 1.38 bits per heavy atom. The van der Waals surface area contributed by atoms with Gasteiger partial charge in [0.25, 0.3) is 0 Å². The Kier molecular flexibility index (Phi) is 5.44. The normalized spacial score (nSPS) is 13.1. The van der Waals surface area contributed by atoms with Crippen molar-refractivity contribution in [1.29, 1.82) is 0 Å². The Morgan fingerprint density at radius 2 is 2.00 bits per heavy atom. The molecule has 0 aliphatic carbocycles. The number of aromatic nitrogens is 2. The molecule has 0 aliphatic rings. The van der Waals surface area contributed by atoms with Crippen LogP contribution in [0, 0.1) is 0 Å². The Bertz CT molecular complexity index is 622. The summed E-state index contributed by atoms with van der Waals surface area (Å²) < 4.78 is 27.3. The summed E-state index contributed by atoms with van der Waals surface area (Å²) in [6.45, 7) is 4.49. The minimum absolute atomic E-state index is 0.109. The number of carbonyl (C=O) groups excluding carboxylic acids is 1. The van der Waals surface area contributed by atoms with Crippen LogP contribution in [0.15, 0.2) is 17.3 Å². The third kappa shape index (κ3) is 5.16. The van der Waals surface area contributed by atoms with Crippen molar-refractivity contribution < 1.29 is 23.1 Å². The molecule has 0 aromatic carbocycles. The number of amides is 1. The molecule has 0 aliphatic heterocycles. The van der Waals surface area contributed by atoms with E-state index < -0.39 is 34.5 Å². The molecular formula is C11H18N4O5S. The van der Waals surface area contributed by atoms with E-state index in [4.69, 9.17) is 5.11 Å². The van der Waals surface area contributed by atoms with Gasteiger partial charge in [0.2, 0.25) is 15.9 Å². The zero-order valence-electron chi connectivity index (χ0n) is 11.9. The number of aliphatic carboxylic acids is 1. The first kappa shape index (κ1) is 17.1. The highest BCUT2D eigenvalue weighted by atomic mass is 32.2. The van der Waals surface area contributed by atoms with Crippen LogP contribution in [0.4, 0.5) is 0 Å². The molecule has 1 heterocycles. The van der Waals surface area contributed by atoms with Crippen LogP contribution >= 0.6 is 0 Å². The summed E-state index contributed by atoms with van der Waals surface area (Å²) in [5, 5.41) is 14.8. The number of hydrogen-bond donors (Lipinski definition) is 3. The minimum atomic E-state index is -3.94. The number of carboxylic acid groups (broad SMARTS) is 1. The zero-order valence-corrected chi connectivity index (χ0v) is 12.7. The average molecular weight is 318 g/mol. The molecule has 1 aromatic heterocycles. The number of nitrogens with one attached hydrogen (secondary N) is 2. The molecule has 10 heteroatoms. The number of carbonyl (C=O) groups is 2. The molecule has 1 rings (SSSR count). The van der Waals surface area contributed by atoms with Crippen LogP contribution < -0.4 is 10.0 Å². The lowest BCUT2D eigenvalue weighted by atomic mass is 10.3. The first-order valence-corrected chi connectivity index (χ1v) is 7.67. The van der Waals surface area contributed by atoms with Crippen LogP contribution in [0.1, 0.15) is 20.8 Å². The molecule has 0 saturated carbocycles. The van der Waals surface area contributed by atoms with Gasteiger partial charge in [-0.05, 0) is 20.8 Å². The van der Waals surface area contributed by atoms with Gasteiger partial charge in [0, 0.05) is 12.2 Å². The molecule has 1 aromatic rings. The number of hydrogen-bond acceptors (Lipinski definition) is 5. The van der Waals surface area contributed by atoms with E-state index in [2.05, 4.69) is 15.1 Å². The van der Waals surface area contributed by atoms with Crippen molar-refractivity contribution in [2.75, 3.05) is 0 Å². The third-order valence-corrected chi connectivity index (χ3v) is 3.87. The lowest BCUT2D eigenvalue weighted by Gasteiger charge is -2.15. The van der Waals surface area contributed by atoms with Crippen LogP contribution in [0.5, 0.6) is 0 Å². The fourth-order valence-corrected chi connectivity index (χ4v) is 2.63. The van der Waals surface area contributed by atoms with E-state index in [9.17, 15) is 18.0 Å². The van der Waals surface area contributed by atoms with Gasteiger partial charge in [-0.1, -0.05) is 0 Å². The third-order valence-electron chi connectivity index (χ3n) is 2.37. The van der Waals surface area contributed by atoms with Crippen molar-refractivity contribution in [3.63, 3.8) is 0 Å². The first-order valence-electron chi connectivity index (χ1n) is 6.19. The van der Waals surface area contributed by atoms with Crippen molar-refractivity contribution in [3.05, 3.63) is 12.4 Å². The van der Waals surface area contributed by atoms with Gasteiger partial charge in [-0.2, -0.15) is 9.82 Å². The van der Waals surface area contributed by atoms with E-state index in [1.165, 1.54) is 6.92 Å². The average Bonchev–Trinajstić information content (AvgIpc) is 2.75. The predicted molar refractivity (Wildman–Crippen MR) is 72.9 cm³/mol. The molecule has 0 spiro atoms. The number of sulfonamides is 1. The lowest BCUT2D eigenvalue weighted by molar-refractivity contribution is -0.137. The standard InChI is InChI=1S/C11H18N4O5S/c1-7(2)13-11(18)8(3)14-21(19,20)9-4-12-15(5-9)6-10(16)17/h4-5,7-8,14H,6H2,1-3H3,(H,13,18)(H,16,17). The fraction of sp³-hybridized carbons (Fsp3) is 0.545. The van der Waals surface area contributed by atoms with Gasteiger partial charge in [-0.3, -0.25) is 14.3 Å². The number of carboxylic acids is 1. The van der Waals surface area contributed by atoms with Gasteiger partial charge in [0.15, 0.2) is 0 Å². The van der Waals surface area contributed by atoms with Crippen molar-refractivity contribution in [2.45, 2.75) is 44.3 Å². The highest BCUT2D eigenvalue weighted by Crippen LogP contribution is 2.08. The molecule has 0 saturated heterocycles. The SMILES string of the molecule is CC(C)NC(=O)C(C)NS(=O)(=O)c1cnn(CC(=O)O)c1. The first-order chi connectivity index (χ1) is 9.61. The van der Waals surface area contributed by atoms with Gasteiger partial charge in [-0.15, -0.1) is 0 Å². The van der Waals surface area contributed by atoms with E-state index >= 15 is 0 Å². The summed E-state index contributed by atoms with van der Waals surface area (Å²) >= 11 is 0. The van der Waals surface area contributed by atoms with E-state index in [1.54, 1.807) is 13.8 Å². The Balaban J connectivity index is 2.79. The summed E-state index contributed by atoms with van der Waals surface area (Å²) in [5.74, 6) is -1.59. The quantitative estimate of drug-likeness (QED) is 0.601. The van der Waals surface area contributed by atoms with E-state index in [0.29, 0.717) is 0 Å². The topological polar surface area (TPSA) is 130 Å². The summed E-state index contributed by atoms with van der Waals surface area (Å²) in [4.78, 5) is 22.0. The molecule has 1 amide bonds. The fourth-order valence-electron chi connectivity index (χ4n) is 1.47. The zero-order chi connectivity index (χ0) is 16.2. The largest absolute Gasteiger partial charge is 0.480 e. The Hall–Kier alpha value is -1.94. The second kappa shape index (κ2) is 6.68. The summed E-state index contributed by atoms with van der Waals surface area (Å²) in [6, 6.07) is -1.07. The van der Waals surface area contributed by atoms with Gasteiger partial charge >= 0.3 is 5.97 Å². The predicted octanol–water partition coefficient (Wildman–Crippen LogP) is -0.841. The van der Waals surface area contributed by atoms with Crippen LogP contribution in [0.2, 0.25) is 0 Å². The maximum atomic E-state index is 12.0. The molecule has 118 valence electrons. The van der Waals surface area contributed by atoms with E-state index in [0.717, 1.165) is 17.1 Å². The smallest absolute Gasteiger partial charge is 0.325 e. The second-order valence-corrected chi connectivity index (χ2v) is 6.49. The van der Waals surface area contributed by atoms with Crippen LogP contribution in [-0.2, 0) is 26.2 Å². The molecule has 3 N–H and O–H groups in total. The Morgan fingerprint density at radius 3 is 2.52 bits per heavy atom. The van der Waals surface area contributed by atoms with Crippen LogP contribution in [-0.4, -0.2) is 47.3 Å². The lowest BCUT2D eigenvalue weighted by Crippen LogP contribution is -2.46. The van der Waals surface area contributed by atoms with Gasteiger partial charge in [0.1, 0.15) is 11.4 Å². The maximum absolute atomic E-state index is 12.0. The van der Waals surface area contributed by atoms with E-state index in [1.807, 2.05) is 0 Å². The monoisotopic (exact) mass is 318 g/mol. The van der Waals surface area contributed by atoms with Crippen LogP contribution in [0.3, 0.4) is 0 Å². The summed E-state index contributed by atoms with van der Waals surface area (Å²) in [7, 11) is -3.94. The van der Waals surface area contributed by atoms with Gasteiger partial charge in [-0.25, -0.2) is 8.42 Å². The highest BCUT2D eigenvalue weighted by molar-refractivity contribution is 7.89. The summed E-state index contributed by atoms with van der Waals surface area (Å²) in [6.07, 6.45) is 2.11. The molecule has 21 heavy (non-hydrogen) atoms. The maximum Gasteiger partial charge on any atom is 0.325 e. The molecule has 0 radical (unpaired) electrons. The minimum Gasteiger partial charge on any atom is -0.480 e. The molecule has 0 fully saturated rings. The number of nitrogens with zero attached hydrogens (tertiary/aromatic N) is 2. The van der Waals surface area contributed by atoms with Crippen molar-refractivity contribution >= 4 is 21.9 Å².